The van der Waals surface area contributed by atoms with E-state index in [4.69, 9.17) is 19.4 Å². The first-order valence-corrected chi connectivity index (χ1v) is 8.63. The van der Waals surface area contributed by atoms with Crippen molar-refractivity contribution in [1.82, 2.24) is 0 Å². The predicted molar refractivity (Wildman–Crippen MR) is 72.1 cm³/mol. The lowest BCUT2D eigenvalue weighted by Gasteiger charge is -2.19. The molecule has 0 radical (unpaired) electrons. The number of phosphoric ester groups is 1. The van der Waals surface area contributed by atoms with Crippen molar-refractivity contribution in [2.24, 2.45) is 0 Å². The monoisotopic (exact) mass is 357 g/mol. The van der Waals surface area contributed by atoms with Crippen molar-refractivity contribution in [3.8, 4) is 5.75 Å². The van der Waals surface area contributed by atoms with Crippen LogP contribution in [0.25, 0.3) is 0 Å². The molecule has 0 aromatic heterocycles. The summed E-state index contributed by atoms with van der Waals surface area (Å²) in [4.78, 5) is 27.2. The quantitative estimate of drug-likeness (QED) is 0.353. The van der Waals surface area contributed by atoms with Gasteiger partial charge >= 0.3 is 15.6 Å². The highest BCUT2D eigenvalue weighted by molar-refractivity contribution is 7.61. The number of aliphatic hydroxyl groups is 1. The molecule has 0 saturated carbocycles. The number of non-ortho nitro benzene ring substituents is 1. The molecule has 0 heterocycles. The Morgan fingerprint density at radius 3 is 2.23 bits per heavy atom. The molecule has 0 bridgehead atoms. The first-order chi connectivity index (χ1) is 10.0. The lowest BCUT2D eigenvalue weighted by Crippen LogP contribution is -2.12. The molecule has 0 saturated heterocycles. The van der Waals surface area contributed by atoms with Crippen molar-refractivity contribution < 1.29 is 42.3 Å². The summed E-state index contributed by atoms with van der Waals surface area (Å²) >= 11 is 0. The van der Waals surface area contributed by atoms with Gasteiger partial charge in [-0.1, -0.05) is 0 Å². The van der Waals surface area contributed by atoms with Crippen molar-refractivity contribution in [2.45, 2.75) is 13.0 Å². The lowest BCUT2D eigenvalue weighted by molar-refractivity contribution is -0.384. The van der Waals surface area contributed by atoms with E-state index in [1.54, 1.807) is 0 Å². The van der Waals surface area contributed by atoms with Gasteiger partial charge in [-0.2, -0.15) is 4.31 Å². The van der Waals surface area contributed by atoms with Gasteiger partial charge in [-0.05, 0) is 19.1 Å². The molecule has 0 fully saturated rings. The minimum atomic E-state index is -5.21. The van der Waals surface area contributed by atoms with Gasteiger partial charge in [0.2, 0.25) is 0 Å². The molecule has 1 aromatic rings. The third-order valence-corrected chi connectivity index (χ3v) is 4.50. The highest BCUT2D eigenvalue weighted by Gasteiger charge is 2.38. The second kappa shape index (κ2) is 7.30. The van der Waals surface area contributed by atoms with Crippen LogP contribution in [0.1, 0.15) is 6.92 Å². The average Bonchev–Trinajstić information content (AvgIpc) is 2.35. The maximum Gasteiger partial charge on any atom is 0.539 e. The molecule has 0 aliphatic carbocycles. The van der Waals surface area contributed by atoms with Crippen LogP contribution in [0, 0.1) is 10.1 Å². The van der Waals surface area contributed by atoms with Crippen LogP contribution >= 0.6 is 15.6 Å². The van der Waals surface area contributed by atoms with E-state index in [0.717, 1.165) is 24.3 Å². The van der Waals surface area contributed by atoms with Crippen molar-refractivity contribution in [3.63, 3.8) is 0 Å². The number of aliphatic hydroxyl groups excluding tert-OH is 1. The largest absolute Gasteiger partial charge is 0.539 e. The molecule has 0 aliphatic heterocycles. The maximum atomic E-state index is 12.1. The molecule has 1 aromatic carbocycles. The van der Waals surface area contributed by atoms with E-state index in [0.29, 0.717) is 0 Å². The molecular formula is C9H13NO10P2. The van der Waals surface area contributed by atoms with Gasteiger partial charge in [0.05, 0.1) is 17.6 Å². The maximum absolute atomic E-state index is 12.1. The number of nitro benzene ring substituents is 1. The Kier molecular flexibility index (Phi) is 6.21. The summed E-state index contributed by atoms with van der Waals surface area (Å²) in [7, 11) is -9.96. The van der Waals surface area contributed by atoms with Crippen LogP contribution in [0.2, 0.25) is 0 Å². The average molecular weight is 357 g/mol. The summed E-state index contributed by atoms with van der Waals surface area (Å²) in [5.74, 6) is -0.243. The molecule has 22 heavy (non-hydrogen) atoms. The fourth-order valence-corrected chi connectivity index (χ4v) is 3.35. The lowest BCUT2D eigenvalue weighted by atomic mass is 10.3. The topological polar surface area (TPSA) is 166 Å². The number of hydrogen-bond acceptors (Lipinski definition) is 8. The number of rotatable bonds is 8. The first kappa shape index (κ1) is 18.7. The van der Waals surface area contributed by atoms with Crippen molar-refractivity contribution >= 4 is 21.3 Å². The van der Waals surface area contributed by atoms with Crippen LogP contribution in [-0.2, 0) is 18.0 Å². The molecule has 13 heteroatoms. The van der Waals surface area contributed by atoms with Crippen LogP contribution in [0.15, 0.2) is 24.3 Å². The van der Waals surface area contributed by atoms with Crippen molar-refractivity contribution in [1.29, 1.82) is 0 Å². The summed E-state index contributed by atoms with van der Waals surface area (Å²) < 4.78 is 36.3. The molecule has 2 unspecified atom stereocenters. The van der Waals surface area contributed by atoms with E-state index in [2.05, 4.69) is 8.83 Å². The summed E-state index contributed by atoms with van der Waals surface area (Å²) in [6, 6.07) is 4.12. The highest BCUT2D eigenvalue weighted by Crippen LogP contribution is 2.60. The van der Waals surface area contributed by atoms with Gasteiger partial charge in [0.25, 0.3) is 5.69 Å². The van der Waals surface area contributed by atoms with E-state index in [-0.39, 0.29) is 11.4 Å². The van der Waals surface area contributed by atoms with Crippen molar-refractivity contribution in [2.75, 3.05) is 6.61 Å². The standard InChI is InChI=1S/C9H13NO10P2/c1-7(11)6-18-22(17,20-21(14,15)16)19-9-4-2-8(3-5-9)10(12)13/h2-5,7,11H,6H2,1H3,(H2,14,15,16). The van der Waals surface area contributed by atoms with Crippen LogP contribution in [-0.4, -0.2) is 32.5 Å². The zero-order valence-corrected chi connectivity index (χ0v) is 12.9. The van der Waals surface area contributed by atoms with Gasteiger partial charge in [-0.3, -0.25) is 14.6 Å². The fourth-order valence-electron chi connectivity index (χ4n) is 1.15. The second-order valence-electron chi connectivity index (χ2n) is 4.01. The van der Waals surface area contributed by atoms with Crippen LogP contribution in [0.4, 0.5) is 5.69 Å². The minimum absolute atomic E-state index is 0.243. The van der Waals surface area contributed by atoms with E-state index >= 15 is 0 Å². The molecule has 0 amide bonds. The molecule has 11 nitrogen and oxygen atoms in total. The number of phosphoric acid groups is 2. The van der Waals surface area contributed by atoms with Gasteiger partial charge in [0.15, 0.2) is 0 Å². The fraction of sp³-hybridized carbons (Fsp3) is 0.333. The zero-order valence-electron chi connectivity index (χ0n) is 11.1. The number of benzene rings is 1. The van der Waals surface area contributed by atoms with Crippen LogP contribution in [0.5, 0.6) is 5.75 Å². The molecule has 0 aliphatic rings. The summed E-state index contributed by atoms with van der Waals surface area (Å²) in [5.41, 5.74) is -0.275. The van der Waals surface area contributed by atoms with Gasteiger partial charge in [0, 0.05) is 12.1 Å². The molecule has 0 spiro atoms. The zero-order chi connectivity index (χ0) is 17.0. The first-order valence-electron chi connectivity index (χ1n) is 5.64. The Balaban J connectivity index is 2.94. The number of hydrogen-bond donors (Lipinski definition) is 3. The van der Waals surface area contributed by atoms with Gasteiger partial charge in [-0.15, -0.1) is 0 Å². The van der Waals surface area contributed by atoms with Crippen molar-refractivity contribution in [3.05, 3.63) is 34.4 Å². The minimum Gasteiger partial charge on any atom is -0.404 e. The Bertz CT molecular complexity index is 609. The number of nitro groups is 1. The third kappa shape index (κ3) is 6.63. The molecule has 3 N–H and O–H groups in total. The van der Waals surface area contributed by atoms with E-state index in [1.165, 1.54) is 6.92 Å². The molecule has 1 rings (SSSR count). The Morgan fingerprint density at radius 1 is 1.27 bits per heavy atom. The van der Waals surface area contributed by atoms with Gasteiger partial charge in [-0.25, -0.2) is 9.13 Å². The van der Waals surface area contributed by atoms with E-state index in [9.17, 15) is 19.2 Å². The van der Waals surface area contributed by atoms with Crippen LogP contribution in [0.3, 0.4) is 0 Å². The second-order valence-corrected chi connectivity index (χ2v) is 6.98. The predicted octanol–water partition coefficient (Wildman–Crippen LogP) is 1.59. The Labute approximate surface area is 124 Å². The van der Waals surface area contributed by atoms with E-state index < -0.39 is 33.3 Å². The Hall–Kier alpha value is -1.32. The SMILES string of the molecule is CC(O)COP(=O)(Oc1ccc([N+](=O)[O-])cc1)OP(=O)(O)O. The number of nitrogens with zero attached hydrogens (tertiary/aromatic N) is 1. The summed E-state index contributed by atoms with van der Waals surface area (Å²) in [5, 5.41) is 19.5. The summed E-state index contributed by atoms with van der Waals surface area (Å²) in [6.45, 7) is 0.692. The normalized spacial score (nSPS) is 15.8. The smallest absolute Gasteiger partial charge is 0.404 e. The molecule has 124 valence electrons. The van der Waals surface area contributed by atoms with Gasteiger partial charge in [0.1, 0.15) is 5.75 Å². The molecule has 2 atom stereocenters. The van der Waals surface area contributed by atoms with E-state index in [1.807, 2.05) is 0 Å². The summed E-state index contributed by atoms with van der Waals surface area (Å²) in [6.07, 6.45) is -1.10. The molecular weight excluding hydrogens is 344 g/mol. The Morgan fingerprint density at radius 2 is 1.82 bits per heavy atom. The third-order valence-electron chi connectivity index (χ3n) is 1.94. The highest BCUT2D eigenvalue weighted by atomic mass is 31.3. The van der Waals surface area contributed by atoms with Gasteiger partial charge < -0.3 is 19.4 Å². The van der Waals surface area contributed by atoms with Crippen LogP contribution < -0.4 is 4.52 Å².